The zero-order valence-electron chi connectivity index (χ0n) is 8.26. The van der Waals surface area contributed by atoms with Gasteiger partial charge in [0, 0.05) is 12.1 Å². The van der Waals surface area contributed by atoms with E-state index < -0.39 is 5.97 Å². The number of hydrogen-bond acceptors (Lipinski definition) is 5. The molecule has 0 bridgehead atoms. The fraction of sp³-hybridized carbons (Fsp3) is 0.222. The summed E-state index contributed by atoms with van der Waals surface area (Å²) in [7, 11) is 1.26. The fourth-order valence-corrected chi connectivity index (χ4v) is 1.28. The summed E-state index contributed by atoms with van der Waals surface area (Å²) < 4.78 is 5.76. The molecule has 78 valence electrons. The summed E-state index contributed by atoms with van der Waals surface area (Å²) in [5, 5.41) is 13.6. The smallest absolute Gasteiger partial charge is 0.356 e. The van der Waals surface area contributed by atoms with Gasteiger partial charge < -0.3 is 9.84 Å². The maximum Gasteiger partial charge on any atom is 0.356 e. The maximum atomic E-state index is 11.2. The Kier molecular flexibility index (Phi) is 2.03. The zero-order chi connectivity index (χ0) is 11.0. The van der Waals surface area contributed by atoms with Gasteiger partial charge in [0.15, 0.2) is 11.3 Å². The van der Waals surface area contributed by atoms with E-state index in [1.165, 1.54) is 17.7 Å². The van der Waals surface area contributed by atoms with E-state index >= 15 is 0 Å². The van der Waals surface area contributed by atoms with Crippen molar-refractivity contribution in [1.82, 2.24) is 14.6 Å². The highest BCUT2D eigenvalue weighted by molar-refractivity contribution is 5.88. The average Bonchev–Trinajstić information content (AvgIpc) is 2.58. The molecule has 2 aromatic heterocycles. The third-order valence-electron chi connectivity index (χ3n) is 1.93. The van der Waals surface area contributed by atoms with Crippen molar-refractivity contribution in [2.45, 2.75) is 6.92 Å². The molecule has 1 N–H and O–H groups in total. The van der Waals surface area contributed by atoms with Gasteiger partial charge in [-0.2, -0.15) is 9.61 Å². The van der Waals surface area contributed by atoms with E-state index in [0.29, 0.717) is 11.3 Å². The SMILES string of the molecule is COC(=O)c1cc(O)n2nc(C)cc2n1. The molecular formula is C9H9N3O3. The number of aromatic hydroxyl groups is 1. The molecule has 0 atom stereocenters. The molecule has 0 saturated carbocycles. The van der Waals surface area contributed by atoms with Gasteiger partial charge in [0.05, 0.1) is 12.8 Å². The number of aromatic nitrogens is 3. The summed E-state index contributed by atoms with van der Waals surface area (Å²) >= 11 is 0. The van der Waals surface area contributed by atoms with Crippen LogP contribution in [0, 0.1) is 6.92 Å². The third kappa shape index (κ3) is 1.50. The highest BCUT2D eigenvalue weighted by Crippen LogP contribution is 2.14. The van der Waals surface area contributed by atoms with Crippen molar-refractivity contribution in [3.63, 3.8) is 0 Å². The minimum atomic E-state index is -0.591. The first-order valence-corrected chi connectivity index (χ1v) is 4.26. The Morgan fingerprint density at radius 3 is 2.93 bits per heavy atom. The Balaban J connectivity index is 2.66. The lowest BCUT2D eigenvalue weighted by atomic mass is 10.4. The van der Waals surface area contributed by atoms with Crippen molar-refractivity contribution in [3.05, 3.63) is 23.5 Å². The molecule has 0 fully saturated rings. The van der Waals surface area contributed by atoms with Crippen molar-refractivity contribution in [1.29, 1.82) is 0 Å². The summed E-state index contributed by atoms with van der Waals surface area (Å²) in [4.78, 5) is 15.2. The molecule has 0 spiro atoms. The lowest BCUT2D eigenvalue weighted by Gasteiger charge is -2.00. The molecule has 0 radical (unpaired) electrons. The van der Waals surface area contributed by atoms with E-state index in [2.05, 4.69) is 14.8 Å². The quantitative estimate of drug-likeness (QED) is 0.690. The molecule has 2 rings (SSSR count). The van der Waals surface area contributed by atoms with Gasteiger partial charge in [-0.05, 0) is 6.92 Å². The van der Waals surface area contributed by atoms with E-state index in [-0.39, 0.29) is 11.6 Å². The largest absolute Gasteiger partial charge is 0.493 e. The van der Waals surface area contributed by atoms with Crippen molar-refractivity contribution in [3.8, 4) is 5.88 Å². The van der Waals surface area contributed by atoms with Crippen LogP contribution < -0.4 is 0 Å². The first kappa shape index (κ1) is 9.45. The molecule has 0 unspecified atom stereocenters. The summed E-state index contributed by atoms with van der Waals surface area (Å²) in [6.07, 6.45) is 0. The van der Waals surface area contributed by atoms with Crippen LogP contribution in [0.5, 0.6) is 5.88 Å². The van der Waals surface area contributed by atoms with Gasteiger partial charge >= 0.3 is 5.97 Å². The molecule has 0 amide bonds. The van der Waals surface area contributed by atoms with E-state index in [1.807, 2.05) is 0 Å². The zero-order valence-corrected chi connectivity index (χ0v) is 8.26. The fourth-order valence-electron chi connectivity index (χ4n) is 1.28. The first-order valence-electron chi connectivity index (χ1n) is 4.26. The molecule has 0 aliphatic heterocycles. The second-order valence-corrected chi connectivity index (χ2v) is 3.05. The van der Waals surface area contributed by atoms with E-state index in [1.54, 1.807) is 13.0 Å². The van der Waals surface area contributed by atoms with Crippen molar-refractivity contribution >= 4 is 11.6 Å². The maximum absolute atomic E-state index is 11.2. The standard InChI is InChI=1S/C9H9N3O3/c1-5-3-7-10-6(9(14)15-2)4-8(13)12(7)11-5/h3-4,13H,1-2H3. The van der Waals surface area contributed by atoms with E-state index in [9.17, 15) is 9.90 Å². The Morgan fingerprint density at radius 2 is 2.27 bits per heavy atom. The van der Waals surface area contributed by atoms with E-state index in [0.717, 1.165) is 0 Å². The topological polar surface area (TPSA) is 76.7 Å². The number of fused-ring (bicyclic) bond motifs is 1. The summed E-state index contributed by atoms with van der Waals surface area (Å²) in [5.41, 5.74) is 1.18. The van der Waals surface area contributed by atoms with Crippen LogP contribution in [0.2, 0.25) is 0 Å². The number of rotatable bonds is 1. The molecule has 15 heavy (non-hydrogen) atoms. The Labute approximate surface area is 85.1 Å². The van der Waals surface area contributed by atoms with E-state index in [4.69, 9.17) is 0 Å². The summed E-state index contributed by atoms with van der Waals surface area (Å²) in [5.74, 6) is -0.736. The Bertz CT molecular complexity index is 533. The number of esters is 1. The molecule has 6 nitrogen and oxygen atoms in total. The van der Waals surface area contributed by atoms with Crippen molar-refractivity contribution in [2.24, 2.45) is 0 Å². The van der Waals surface area contributed by atoms with Crippen LogP contribution in [0.15, 0.2) is 12.1 Å². The van der Waals surface area contributed by atoms with Gasteiger partial charge in [-0.15, -0.1) is 0 Å². The van der Waals surface area contributed by atoms with Crippen LogP contribution in [0.25, 0.3) is 5.65 Å². The second kappa shape index (κ2) is 3.23. The minimum absolute atomic E-state index is 0.0578. The lowest BCUT2D eigenvalue weighted by Crippen LogP contribution is -2.06. The molecule has 0 aromatic carbocycles. The number of carbonyl (C=O) groups is 1. The molecule has 0 saturated heterocycles. The number of nitrogens with zero attached hydrogens (tertiary/aromatic N) is 3. The predicted molar refractivity (Wildman–Crippen MR) is 50.7 cm³/mol. The van der Waals surface area contributed by atoms with Crippen molar-refractivity contribution in [2.75, 3.05) is 7.11 Å². The van der Waals surface area contributed by atoms with Crippen LogP contribution in [0.3, 0.4) is 0 Å². The van der Waals surface area contributed by atoms with Crippen molar-refractivity contribution < 1.29 is 14.6 Å². The normalized spacial score (nSPS) is 10.5. The van der Waals surface area contributed by atoms with Crippen LogP contribution >= 0.6 is 0 Å². The summed E-state index contributed by atoms with van der Waals surface area (Å²) in [6, 6.07) is 2.87. The first-order chi connectivity index (χ1) is 7.11. The molecule has 0 aliphatic rings. The number of carbonyl (C=O) groups excluding carboxylic acids is 1. The Hall–Kier alpha value is -2.11. The molecule has 6 heteroatoms. The Morgan fingerprint density at radius 1 is 1.53 bits per heavy atom. The van der Waals surface area contributed by atoms with Gasteiger partial charge in [0.25, 0.3) is 0 Å². The van der Waals surface area contributed by atoms with Gasteiger partial charge in [0.2, 0.25) is 5.88 Å². The van der Waals surface area contributed by atoms with Crippen LogP contribution in [-0.4, -0.2) is 32.8 Å². The highest BCUT2D eigenvalue weighted by atomic mass is 16.5. The van der Waals surface area contributed by atoms with Crippen LogP contribution in [0.1, 0.15) is 16.2 Å². The minimum Gasteiger partial charge on any atom is -0.493 e. The molecular weight excluding hydrogens is 198 g/mol. The van der Waals surface area contributed by atoms with Gasteiger partial charge in [0.1, 0.15) is 0 Å². The predicted octanol–water partition coefficient (Wildman–Crippen LogP) is 0.530. The second-order valence-electron chi connectivity index (χ2n) is 3.05. The summed E-state index contributed by atoms with van der Waals surface area (Å²) in [6.45, 7) is 1.77. The highest BCUT2D eigenvalue weighted by Gasteiger charge is 2.12. The number of methoxy groups -OCH3 is 1. The lowest BCUT2D eigenvalue weighted by molar-refractivity contribution is 0.0593. The van der Waals surface area contributed by atoms with Gasteiger partial charge in [-0.1, -0.05) is 0 Å². The van der Waals surface area contributed by atoms with Crippen LogP contribution in [0.4, 0.5) is 0 Å². The third-order valence-corrected chi connectivity index (χ3v) is 1.93. The molecule has 2 aromatic rings. The number of aryl methyl sites for hydroxylation is 1. The van der Waals surface area contributed by atoms with Gasteiger partial charge in [-0.25, -0.2) is 9.78 Å². The average molecular weight is 207 g/mol. The molecule has 0 aliphatic carbocycles. The molecule has 2 heterocycles. The number of hydrogen-bond donors (Lipinski definition) is 1. The monoisotopic (exact) mass is 207 g/mol. The number of ether oxygens (including phenoxy) is 1. The van der Waals surface area contributed by atoms with Crippen LogP contribution in [-0.2, 0) is 4.74 Å². The van der Waals surface area contributed by atoms with Gasteiger partial charge in [-0.3, -0.25) is 0 Å².